The van der Waals surface area contributed by atoms with E-state index in [-0.39, 0.29) is 40.5 Å². The minimum absolute atomic E-state index is 0.0142. The van der Waals surface area contributed by atoms with Crippen LogP contribution in [0.25, 0.3) is 0 Å². The van der Waals surface area contributed by atoms with Crippen molar-refractivity contribution in [2.24, 2.45) is 0 Å². The Bertz CT molecular complexity index is 1840. The van der Waals surface area contributed by atoms with Gasteiger partial charge in [0.05, 0.1) is 20.6 Å². The molecule has 1 saturated carbocycles. The molecule has 7 nitrogen and oxygen atoms in total. The Hall–Kier alpha value is -3.27. The second-order valence-electron chi connectivity index (χ2n) is 11.8. The van der Waals surface area contributed by atoms with E-state index in [0.717, 1.165) is 42.0 Å². The van der Waals surface area contributed by atoms with Gasteiger partial charge in [-0.3, -0.25) is 13.9 Å². The van der Waals surface area contributed by atoms with E-state index < -0.39 is 28.5 Å². The second-order valence-corrected chi connectivity index (χ2v) is 15.3. The van der Waals surface area contributed by atoms with Crippen LogP contribution in [0.1, 0.15) is 43.2 Å². The highest BCUT2D eigenvalue weighted by molar-refractivity contribution is 7.92. The normalized spacial score (nSPS) is 14.2. The van der Waals surface area contributed by atoms with Crippen molar-refractivity contribution < 1.29 is 18.0 Å². The van der Waals surface area contributed by atoms with Crippen molar-refractivity contribution in [3.8, 4) is 0 Å². The molecule has 1 aliphatic carbocycles. The van der Waals surface area contributed by atoms with Gasteiger partial charge in [-0.05, 0) is 78.6 Å². The Morgan fingerprint density at radius 3 is 2.12 bits per heavy atom. The fraction of sp³-hybridized carbons (Fsp3) is 0.278. The van der Waals surface area contributed by atoms with E-state index in [4.69, 9.17) is 46.4 Å². The van der Waals surface area contributed by atoms with Gasteiger partial charge in [0.1, 0.15) is 12.6 Å². The van der Waals surface area contributed by atoms with Gasteiger partial charge in [0.25, 0.3) is 10.0 Å². The molecule has 5 rings (SSSR count). The molecular weight excluding hydrogens is 712 g/mol. The monoisotopic (exact) mass is 745 g/mol. The van der Waals surface area contributed by atoms with Gasteiger partial charge in [0.15, 0.2) is 0 Å². The smallest absolute Gasteiger partial charge is 0.264 e. The average Bonchev–Trinajstić information content (AvgIpc) is 3.07. The lowest BCUT2D eigenvalue weighted by molar-refractivity contribution is -0.140. The summed E-state index contributed by atoms with van der Waals surface area (Å²) in [7, 11) is -4.30. The van der Waals surface area contributed by atoms with E-state index in [2.05, 4.69) is 5.32 Å². The van der Waals surface area contributed by atoms with Gasteiger partial charge >= 0.3 is 0 Å². The lowest BCUT2D eigenvalue weighted by Crippen LogP contribution is -2.55. The fourth-order valence-electron chi connectivity index (χ4n) is 5.83. The standard InChI is InChI=1S/C36H35Cl4N3O4S/c37-27-15-17-31(18-16-27)48(46,47)43(30-13-7-10-28(38)22-30)24-35(44)42(23-26-14-19-32(39)33(40)20-26)34(21-25-8-3-1-4-9-25)36(45)41-29-11-5-2-6-12-29/h1,3-4,7-10,13-20,22,29,34H,2,5-6,11-12,21,23-24H2,(H,41,45)/t34-/m0/s1. The molecule has 1 fully saturated rings. The van der Waals surface area contributed by atoms with Crippen LogP contribution in [0.4, 0.5) is 5.69 Å². The second kappa shape index (κ2) is 16.4. The first-order valence-electron chi connectivity index (χ1n) is 15.6. The summed E-state index contributed by atoms with van der Waals surface area (Å²) in [6, 6.07) is 25.4. The van der Waals surface area contributed by atoms with Crippen molar-refractivity contribution in [1.29, 1.82) is 0 Å². The number of hydrogen-bond acceptors (Lipinski definition) is 4. The Morgan fingerprint density at radius 2 is 1.46 bits per heavy atom. The van der Waals surface area contributed by atoms with Crippen molar-refractivity contribution in [2.45, 2.75) is 62.0 Å². The van der Waals surface area contributed by atoms with Crippen LogP contribution in [0.5, 0.6) is 0 Å². The number of hydrogen-bond donors (Lipinski definition) is 1. The Labute approximate surface area is 301 Å². The Balaban J connectivity index is 1.57. The molecule has 4 aromatic rings. The Kier molecular flexibility index (Phi) is 12.3. The third-order valence-corrected chi connectivity index (χ3v) is 11.4. The molecule has 0 aliphatic heterocycles. The van der Waals surface area contributed by atoms with Crippen molar-refractivity contribution in [3.63, 3.8) is 0 Å². The van der Waals surface area contributed by atoms with E-state index in [1.54, 1.807) is 36.4 Å². The fourth-order valence-corrected chi connectivity index (χ4v) is 7.86. The first-order valence-corrected chi connectivity index (χ1v) is 18.6. The van der Waals surface area contributed by atoms with E-state index in [9.17, 15) is 18.0 Å². The number of anilines is 1. The summed E-state index contributed by atoms with van der Waals surface area (Å²) < 4.78 is 29.3. The maximum Gasteiger partial charge on any atom is 0.264 e. The molecule has 1 aliphatic rings. The number of benzene rings is 4. The van der Waals surface area contributed by atoms with E-state index >= 15 is 0 Å². The van der Waals surface area contributed by atoms with E-state index in [1.807, 2.05) is 30.3 Å². The molecule has 1 atom stereocenters. The minimum atomic E-state index is -4.30. The summed E-state index contributed by atoms with van der Waals surface area (Å²) in [5.41, 5.74) is 1.65. The molecule has 0 saturated heterocycles. The summed E-state index contributed by atoms with van der Waals surface area (Å²) in [4.78, 5) is 30.2. The van der Waals surface area contributed by atoms with Crippen molar-refractivity contribution in [1.82, 2.24) is 10.2 Å². The first-order chi connectivity index (χ1) is 23.0. The lowest BCUT2D eigenvalue weighted by atomic mass is 9.94. The van der Waals surface area contributed by atoms with Crippen LogP contribution in [0, 0.1) is 0 Å². The van der Waals surface area contributed by atoms with Crippen LogP contribution >= 0.6 is 46.4 Å². The van der Waals surface area contributed by atoms with Crippen LogP contribution in [0.15, 0.2) is 102 Å². The number of amides is 2. The molecule has 0 heterocycles. The summed E-state index contributed by atoms with van der Waals surface area (Å²) in [6.45, 7) is -0.649. The molecule has 48 heavy (non-hydrogen) atoms. The van der Waals surface area contributed by atoms with Crippen LogP contribution in [-0.2, 0) is 32.6 Å². The highest BCUT2D eigenvalue weighted by Gasteiger charge is 2.35. The molecule has 0 unspecified atom stereocenters. The molecule has 0 aromatic heterocycles. The van der Waals surface area contributed by atoms with Gasteiger partial charge in [-0.25, -0.2) is 8.42 Å². The zero-order chi connectivity index (χ0) is 34.3. The molecule has 0 bridgehead atoms. The van der Waals surface area contributed by atoms with Gasteiger partial charge < -0.3 is 10.2 Å². The van der Waals surface area contributed by atoms with Gasteiger partial charge in [0, 0.05) is 29.1 Å². The third-order valence-electron chi connectivity index (χ3n) is 8.34. The molecule has 12 heteroatoms. The molecular formula is C36H35Cl4N3O4S. The van der Waals surface area contributed by atoms with Gasteiger partial charge in [-0.2, -0.15) is 0 Å². The average molecular weight is 748 g/mol. The van der Waals surface area contributed by atoms with Crippen molar-refractivity contribution in [3.05, 3.63) is 128 Å². The van der Waals surface area contributed by atoms with Gasteiger partial charge in [-0.1, -0.05) is 108 Å². The molecule has 1 N–H and O–H groups in total. The maximum atomic E-state index is 14.7. The predicted octanol–water partition coefficient (Wildman–Crippen LogP) is 8.58. The zero-order valence-electron chi connectivity index (χ0n) is 26.0. The summed E-state index contributed by atoms with van der Waals surface area (Å²) >= 11 is 24.9. The van der Waals surface area contributed by atoms with Gasteiger partial charge in [0.2, 0.25) is 11.8 Å². The lowest BCUT2D eigenvalue weighted by Gasteiger charge is -2.35. The van der Waals surface area contributed by atoms with Crippen LogP contribution in [-0.4, -0.2) is 43.8 Å². The van der Waals surface area contributed by atoms with Crippen LogP contribution in [0.2, 0.25) is 20.1 Å². The third kappa shape index (κ3) is 9.24. The Morgan fingerprint density at radius 1 is 0.750 bits per heavy atom. The molecule has 2 amide bonds. The first kappa shape index (κ1) is 36.0. The number of halogens is 4. The SMILES string of the molecule is O=C(NC1CCCCC1)[C@H](Cc1ccccc1)N(Cc1ccc(Cl)c(Cl)c1)C(=O)CN(c1cccc(Cl)c1)S(=O)(=O)c1ccc(Cl)cc1. The number of nitrogens with one attached hydrogen (secondary N) is 1. The number of nitrogens with zero attached hydrogens (tertiary/aromatic N) is 2. The number of carbonyl (C=O) groups is 2. The molecule has 4 aromatic carbocycles. The summed E-state index contributed by atoms with van der Waals surface area (Å²) in [6.07, 6.45) is 5.05. The number of carbonyl (C=O) groups excluding carboxylic acids is 2. The number of sulfonamides is 1. The predicted molar refractivity (Wildman–Crippen MR) is 193 cm³/mol. The topological polar surface area (TPSA) is 86.8 Å². The largest absolute Gasteiger partial charge is 0.352 e. The molecule has 252 valence electrons. The highest BCUT2D eigenvalue weighted by atomic mass is 35.5. The molecule has 0 spiro atoms. The van der Waals surface area contributed by atoms with Crippen molar-refractivity contribution >= 4 is 73.9 Å². The highest BCUT2D eigenvalue weighted by Crippen LogP contribution is 2.29. The van der Waals surface area contributed by atoms with Crippen molar-refractivity contribution in [2.75, 3.05) is 10.8 Å². The van der Waals surface area contributed by atoms with E-state index in [0.29, 0.717) is 20.6 Å². The van der Waals surface area contributed by atoms with Crippen LogP contribution < -0.4 is 9.62 Å². The zero-order valence-corrected chi connectivity index (χ0v) is 29.8. The molecule has 0 radical (unpaired) electrons. The summed E-state index contributed by atoms with van der Waals surface area (Å²) in [5.74, 6) is -0.910. The van der Waals surface area contributed by atoms with E-state index in [1.165, 1.54) is 35.2 Å². The minimum Gasteiger partial charge on any atom is -0.352 e. The maximum absolute atomic E-state index is 14.7. The summed E-state index contributed by atoms with van der Waals surface area (Å²) in [5, 5.41) is 4.48. The number of rotatable bonds is 12. The van der Waals surface area contributed by atoms with Gasteiger partial charge in [-0.15, -0.1) is 0 Å². The quantitative estimate of drug-likeness (QED) is 0.157. The van der Waals surface area contributed by atoms with Crippen LogP contribution in [0.3, 0.4) is 0 Å².